The topological polar surface area (TPSA) is 60.9 Å². The Balaban J connectivity index is 1.95. The number of ketones is 1. The molecular formula is C28H33Cl2FN2O3. The van der Waals surface area contributed by atoms with Gasteiger partial charge in [0.25, 0.3) is 11.7 Å². The summed E-state index contributed by atoms with van der Waals surface area (Å²) in [6, 6.07) is 9.11. The molecule has 2 aromatic carbocycles. The smallest absolute Gasteiger partial charge is 0.295 e. The van der Waals surface area contributed by atoms with Gasteiger partial charge in [-0.3, -0.25) is 9.59 Å². The second-order valence-corrected chi connectivity index (χ2v) is 9.91. The summed E-state index contributed by atoms with van der Waals surface area (Å²) in [4.78, 5) is 30.2. The van der Waals surface area contributed by atoms with Gasteiger partial charge in [0.1, 0.15) is 11.6 Å². The average Bonchev–Trinajstić information content (AvgIpc) is 3.10. The van der Waals surface area contributed by atoms with E-state index in [0.717, 1.165) is 45.3 Å². The van der Waals surface area contributed by atoms with Gasteiger partial charge in [0.05, 0.1) is 11.6 Å². The number of carbonyl (C=O) groups is 2. The van der Waals surface area contributed by atoms with Crippen LogP contribution in [0.25, 0.3) is 5.76 Å². The van der Waals surface area contributed by atoms with E-state index in [-0.39, 0.29) is 21.9 Å². The third kappa shape index (κ3) is 6.67. The lowest BCUT2D eigenvalue weighted by Gasteiger charge is -2.28. The Kier molecular flexibility index (Phi) is 10.3. The van der Waals surface area contributed by atoms with Gasteiger partial charge in [-0.25, -0.2) is 4.39 Å². The quantitative estimate of drug-likeness (QED) is 0.184. The summed E-state index contributed by atoms with van der Waals surface area (Å²) >= 11 is 12.6. The number of carbonyl (C=O) groups excluding carboxylic acids is 2. The van der Waals surface area contributed by atoms with Crippen LogP contribution >= 0.6 is 23.2 Å². The molecule has 1 fully saturated rings. The van der Waals surface area contributed by atoms with Crippen molar-refractivity contribution < 1.29 is 19.1 Å². The van der Waals surface area contributed by atoms with Crippen LogP contribution in [-0.2, 0) is 9.59 Å². The maximum atomic E-state index is 13.5. The van der Waals surface area contributed by atoms with Crippen molar-refractivity contribution in [3.05, 3.63) is 75.0 Å². The van der Waals surface area contributed by atoms with Gasteiger partial charge in [-0.05, 0) is 80.9 Å². The second-order valence-electron chi connectivity index (χ2n) is 9.07. The number of rotatable bonds is 12. The van der Waals surface area contributed by atoms with Crippen molar-refractivity contribution in [3.8, 4) is 0 Å². The van der Waals surface area contributed by atoms with Crippen LogP contribution in [0.2, 0.25) is 10.0 Å². The Morgan fingerprint density at radius 2 is 1.58 bits per heavy atom. The number of likely N-dealkylation sites (tertiary alicyclic amines) is 1. The number of amides is 1. The number of unbranched alkanes of at least 4 members (excludes halogenated alkanes) is 2. The number of hydrogen-bond donors (Lipinski definition) is 1. The molecule has 0 radical (unpaired) electrons. The van der Waals surface area contributed by atoms with Crippen molar-refractivity contribution in [2.24, 2.45) is 0 Å². The molecule has 0 aromatic heterocycles. The third-order valence-corrected chi connectivity index (χ3v) is 7.01. The lowest BCUT2D eigenvalue weighted by molar-refractivity contribution is -0.140. The van der Waals surface area contributed by atoms with Crippen molar-refractivity contribution in [1.29, 1.82) is 0 Å². The van der Waals surface area contributed by atoms with E-state index in [1.54, 1.807) is 18.2 Å². The summed E-state index contributed by atoms with van der Waals surface area (Å²) < 4.78 is 13.5. The van der Waals surface area contributed by atoms with Gasteiger partial charge in [-0.15, -0.1) is 0 Å². The molecule has 194 valence electrons. The Bertz CT molecular complexity index is 1100. The minimum atomic E-state index is -0.875. The predicted molar refractivity (Wildman–Crippen MR) is 143 cm³/mol. The average molecular weight is 535 g/mol. The molecule has 8 heteroatoms. The minimum absolute atomic E-state index is 0.0651. The standard InChI is InChI=1S/C28H33Cl2FN2O3/c1-3-5-14-32(15-6-4-2)16-7-17-33-25(22-13-10-20(29)18-23(22)30)24(27(35)28(33)36)26(34)19-8-11-21(31)12-9-19/h8-13,18,25,34H,3-7,14-17H2,1-2H3/t25-/m0/s1. The number of hydrogen-bond acceptors (Lipinski definition) is 4. The van der Waals surface area contributed by atoms with Gasteiger partial charge < -0.3 is 14.9 Å². The third-order valence-electron chi connectivity index (χ3n) is 6.44. The number of Topliss-reactive ketones (excluding diaryl/α,β-unsaturated/α-hetero) is 1. The number of nitrogens with zero attached hydrogens (tertiary/aromatic N) is 2. The van der Waals surface area contributed by atoms with Crippen LogP contribution in [0.4, 0.5) is 4.39 Å². The Morgan fingerprint density at radius 1 is 0.972 bits per heavy atom. The molecule has 1 atom stereocenters. The summed E-state index contributed by atoms with van der Waals surface area (Å²) in [5, 5.41) is 11.8. The monoisotopic (exact) mass is 534 g/mol. The van der Waals surface area contributed by atoms with E-state index in [2.05, 4.69) is 18.7 Å². The fourth-order valence-electron chi connectivity index (χ4n) is 4.48. The van der Waals surface area contributed by atoms with Crippen molar-refractivity contribution in [2.45, 2.75) is 52.0 Å². The van der Waals surface area contributed by atoms with E-state index >= 15 is 0 Å². The molecule has 36 heavy (non-hydrogen) atoms. The highest BCUT2D eigenvalue weighted by Crippen LogP contribution is 2.42. The molecule has 5 nitrogen and oxygen atoms in total. The lowest BCUT2D eigenvalue weighted by atomic mass is 9.95. The first-order chi connectivity index (χ1) is 17.3. The molecule has 0 saturated carbocycles. The first kappa shape index (κ1) is 28.2. The Hall–Kier alpha value is -2.41. The summed E-state index contributed by atoms with van der Waals surface area (Å²) in [6.07, 6.45) is 5.09. The number of aliphatic hydroxyl groups excluding tert-OH is 1. The second kappa shape index (κ2) is 13.2. The Labute approximate surface area is 222 Å². The summed E-state index contributed by atoms with van der Waals surface area (Å²) in [7, 11) is 0. The maximum absolute atomic E-state index is 13.5. The summed E-state index contributed by atoms with van der Waals surface area (Å²) in [5.41, 5.74) is 0.678. The van der Waals surface area contributed by atoms with Crippen LogP contribution < -0.4 is 0 Å². The zero-order valence-electron chi connectivity index (χ0n) is 20.8. The number of aliphatic hydroxyl groups is 1. The van der Waals surface area contributed by atoms with E-state index in [0.29, 0.717) is 23.6 Å². The van der Waals surface area contributed by atoms with Crippen LogP contribution in [0.5, 0.6) is 0 Å². The minimum Gasteiger partial charge on any atom is -0.507 e. The molecule has 0 bridgehead atoms. The molecule has 1 saturated heterocycles. The molecule has 1 aliphatic heterocycles. The van der Waals surface area contributed by atoms with Crippen LogP contribution in [0.1, 0.15) is 63.1 Å². The predicted octanol–water partition coefficient (Wildman–Crippen LogP) is 6.85. The number of halogens is 3. The molecule has 0 aliphatic carbocycles. The van der Waals surface area contributed by atoms with Crippen molar-refractivity contribution in [3.63, 3.8) is 0 Å². The molecule has 1 amide bonds. The largest absolute Gasteiger partial charge is 0.507 e. The van der Waals surface area contributed by atoms with Gasteiger partial charge in [0, 0.05) is 22.2 Å². The molecule has 2 aromatic rings. The van der Waals surface area contributed by atoms with Crippen molar-refractivity contribution in [1.82, 2.24) is 9.80 Å². The van der Waals surface area contributed by atoms with Crippen LogP contribution in [-0.4, -0.2) is 52.8 Å². The SMILES string of the molecule is CCCCN(CCCC)CCCN1C(=O)C(=O)C(=C(O)c2ccc(F)cc2)[C@@H]1c1ccc(Cl)cc1Cl. The van der Waals surface area contributed by atoms with Gasteiger partial charge in [-0.1, -0.05) is 56.0 Å². The zero-order chi connectivity index (χ0) is 26.2. The highest BCUT2D eigenvalue weighted by molar-refractivity contribution is 6.47. The molecule has 0 spiro atoms. The zero-order valence-corrected chi connectivity index (χ0v) is 22.3. The summed E-state index contributed by atoms with van der Waals surface area (Å²) in [5.74, 6) is -2.32. The van der Waals surface area contributed by atoms with Gasteiger partial charge in [0.15, 0.2) is 0 Å². The fourth-order valence-corrected chi connectivity index (χ4v) is 5.00. The first-order valence-corrected chi connectivity index (χ1v) is 13.3. The maximum Gasteiger partial charge on any atom is 0.295 e. The highest BCUT2D eigenvalue weighted by atomic mass is 35.5. The van der Waals surface area contributed by atoms with Crippen LogP contribution in [0.15, 0.2) is 48.0 Å². The van der Waals surface area contributed by atoms with Gasteiger partial charge in [0.2, 0.25) is 0 Å². The van der Waals surface area contributed by atoms with E-state index in [4.69, 9.17) is 23.2 Å². The van der Waals surface area contributed by atoms with E-state index in [1.165, 1.54) is 29.2 Å². The van der Waals surface area contributed by atoms with Crippen molar-refractivity contribution in [2.75, 3.05) is 26.2 Å². The highest BCUT2D eigenvalue weighted by Gasteiger charge is 2.46. The first-order valence-electron chi connectivity index (χ1n) is 12.5. The van der Waals surface area contributed by atoms with Gasteiger partial charge >= 0.3 is 0 Å². The lowest BCUT2D eigenvalue weighted by Crippen LogP contribution is -2.34. The molecular weight excluding hydrogens is 502 g/mol. The Morgan fingerprint density at radius 3 is 2.17 bits per heavy atom. The number of benzene rings is 2. The van der Waals surface area contributed by atoms with Gasteiger partial charge in [-0.2, -0.15) is 0 Å². The molecule has 1 aliphatic rings. The van der Waals surface area contributed by atoms with Crippen molar-refractivity contribution >= 4 is 40.7 Å². The van der Waals surface area contributed by atoms with E-state index in [9.17, 15) is 19.1 Å². The van der Waals surface area contributed by atoms with Crippen LogP contribution in [0.3, 0.4) is 0 Å². The fraction of sp³-hybridized carbons (Fsp3) is 0.429. The van der Waals surface area contributed by atoms with E-state index in [1.807, 2.05) is 0 Å². The molecule has 1 heterocycles. The van der Waals surface area contributed by atoms with Crippen LogP contribution in [0, 0.1) is 5.82 Å². The van der Waals surface area contributed by atoms with E-state index < -0.39 is 23.5 Å². The summed E-state index contributed by atoms with van der Waals surface area (Å²) in [6.45, 7) is 7.42. The molecule has 3 rings (SSSR count). The normalized spacial score (nSPS) is 17.4. The molecule has 1 N–H and O–H groups in total. The molecule has 0 unspecified atom stereocenters.